The fourth-order valence-corrected chi connectivity index (χ4v) is 3.55. The maximum atomic E-state index is 4.78. The van der Waals surface area contributed by atoms with Gasteiger partial charge in [0.05, 0.1) is 0 Å². The lowest BCUT2D eigenvalue weighted by atomic mass is 9.82. The van der Waals surface area contributed by atoms with Gasteiger partial charge in [-0.25, -0.2) is 4.98 Å². The number of aryl methyl sites for hydroxylation is 1. The van der Waals surface area contributed by atoms with Crippen molar-refractivity contribution in [2.75, 3.05) is 18.0 Å². The Labute approximate surface area is 129 Å². The van der Waals surface area contributed by atoms with E-state index >= 15 is 0 Å². The molecular weight excluding hydrogens is 258 g/mol. The van der Waals surface area contributed by atoms with Crippen LogP contribution < -0.4 is 10.2 Å². The molecule has 1 saturated carbocycles. The number of hydrogen-bond acceptors (Lipinski definition) is 3. The molecule has 2 aliphatic rings. The molecule has 0 radical (unpaired) electrons. The molecule has 1 aromatic heterocycles. The third-order valence-electron chi connectivity index (χ3n) is 5.52. The van der Waals surface area contributed by atoms with Crippen LogP contribution in [0.25, 0.3) is 0 Å². The number of hydrogen-bond donors (Lipinski definition) is 1. The zero-order valence-electron chi connectivity index (χ0n) is 13.8. The van der Waals surface area contributed by atoms with Crippen LogP contribution in [0.3, 0.4) is 0 Å². The third kappa shape index (κ3) is 3.23. The van der Waals surface area contributed by atoms with Crippen LogP contribution in [-0.4, -0.2) is 24.1 Å². The van der Waals surface area contributed by atoms with Gasteiger partial charge in [0.15, 0.2) is 0 Å². The Morgan fingerprint density at radius 3 is 2.67 bits per heavy atom. The highest BCUT2D eigenvalue weighted by Crippen LogP contribution is 2.39. The van der Waals surface area contributed by atoms with Crippen molar-refractivity contribution in [2.24, 2.45) is 5.41 Å². The molecular formula is C18H29N3. The number of aromatic nitrogens is 1. The van der Waals surface area contributed by atoms with Gasteiger partial charge in [0.1, 0.15) is 5.82 Å². The summed E-state index contributed by atoms with van der Waals surface area (Å²) in [6.07, 6.45) is 8.62. The van der Waals surface area contributed by atoms with Crippen molar-refractivity contribution in [1.29, 1.82) is 0 Å². The van der Waals surface area contributed by atoms with Crippen molar-refractivity contribution in [3.05, 3.63) is 23.4 Å². The molecule has 21 heavy (non-hydrogen) atoms. The normalized spacial score (nSPS) is 21.0. The minimum atomic E-state index is 0.514. The Balaban J connectivity index is 1.68. The predicted molar refractivity (Wildman–Crippen MR) is 88.7 cm³/mol. The molecule has 0 amide bonds. The van der Waals surface area contributed by atoms with Crippen molar-refractivity contribution in [2.45, 2.75) is 65.5 Å². The van der Waals surface area contributed by atoms with Crippen LogP contribution in [0.1, 0.15) is 57.1 Å². The number of nitrogens with zero attached hydrogens (tertiary/aromatic N) is 2. The Hall–Kier alpha value is -1.09. The van der Waals surface area contributed by atoms with Crippen molar-refractivity contribution in [1.82, 2.24) is 10.3 Å². The van der Waals surface area contributed by atoms with Gasteiger partial charge < -0.3 is 10.2 Å². The van der Waals surface area contributed by atoms with Gasteiger partial charge in [0.25, 0.3) is 0 Å². The molecule has 116 valence electrons. The summed E-state index contributed by atoms with van der Waals surface area (Å²) >= 11 is 0. The van der Waals surface area contributed by atoms with Gasteiger partial charge in [-0.1, -0.05) is 13.8 Å². The number of pyridine rings is 1. The Bertz CT molecular complexity index is 489. The lowest BCUT2D eigenvalue weighted by Crippen LogP contribution is -2.27. The van der Waals surface area contributed by atoms with E-state index in [0.717, 1.165) is 19.1 Å². The molecule has 1 saturated heterocycles. The van der Waals surface area contributed by atoms with Gasteiger partial charge in [-0.2, -0.15) is 0 Å². The van der Waals surface area contributed by atoms with Crippen LogP contribution in [0.5, 0.6) is 0 Å². The molecule has 0 spiro atoms. The molecule has 0 aromatic carbocycles. The number of rotatable bonds is 6. The van der Waals surface area contributed by atoms with E-state index in [1.807, 2.05) is 0 Å². The Morgan fingerprint density at radius 2 is 2.10 bits per heavy atom. The monoisotopic (exact) mass is 287 g/mol. The molecule has 3 nitrogen and oxygen atoms in total. The molecule has 0 atom stereocenters. The highest BCUT2D eigenvalue weighted by atomic mass is 15.2. The second-order valence-electron chi connectivity index (χ2n) is 7.02. The molecule has 0 bridgehead atoms. The maximum Gasteiger partial charge on any atom is 0.131 e. The zero-order chi connectivity index (χ0) is 14.9. The highest BCUT2D eigenvalue weighted by Gasteiger charge is 2.35. The number of anilines is 1. The molecule has 1 aromatic rings. The van der Waals surface area contributed by atoms with Crippen LogP contribution >= 0.6 is 0 Å². The van der Waals surface area contributed by atoms with Gasteiger partial charge in [0.2, 0.25) is 0 Å². The molecule has 1 N–H and O–H groups in total. The summed E-state index contributed by atoms with van der Waals surface area (Å²) in [5.41, 5.74) is 3.16. The average molecular weight is 287 g/mol. The molecule has 0 unspecified atom stereocenters. The fraction of sp³-hybridized carbons (Fsp3) is 0.722. The summed E-state index contributed by atoms with van der Waals surface area (Å²) in [6, 6.07) is 3.08. The first-order valence-electron chi connectivity index (χ1n) is 8.59. The lowest BCUT2D eigenvalue weighted by molar-refractivity contribution is 0.301. The molecule has 3 heteroatoms. The van der Waals surface area contributed by atoms with E-state index < -0.39 is 0 Å². The molecule has 2 heterocycles. The summed E-state index contributed by atoms with van der Waals surface area (Å²) in [5, 5.41) is 3.57. The van der Waals surface area contributed by atoms with E-state index in [1.165, 1.54) is 55.6 Å². The second-order valence-corrected chi connectivity index (χ2v) is 7.02. The lowest BCUT2D eigenvalue weighted by Gasteiger charge is -2.27. The van der Waals surface area contributed by atoms with Crippen LogP contribution in [-0.2, 0) is 6.54 Å². The Kier molecular flexibility index (Phi) is 4.21. The van der Waals surface area contributed by atoms with Crippen LogP contribution in [0.4, 0.5) is 5.82 Å². The average Bonchev–Trinajstić information content (AvgIpc) is 3.24. The SMILES string of the molecule is CCC1(CC)CCN(c2ncc(CNC3CC3)cc2C)C1. The predicted octanol–water partition coefficient (Wildman–Crippen LogP) is 3.66. The molecule has 2 fully saturated rings. The van der Waals surface area contributed by atoms with Gasteiger partial charge in [-0.15, -0.1) is 0 Å². The molecule has 3 rings (SSSR count). The van der Waals surface area contributed by atoms with Crippen molar-refractivity contribution in [3.63, 3.8) is 0 Å². The topological polar surface area (TPSA) is 28.2 Å². The second kappa shape index (κ2) is 5.96. The first-order chi connectivity index (χ1) is 10.2. The summed E-state index contributed by atoms with van der Waals surface area (Å²) in [5.74, 6) is 1.20. The Morgan fingerprint density at radius 1 is 1.33 bits per heavy atom. The fourth-order valence-electron chi connectivity index (χ4n) is 3.55. The minimum Gasteiger partial charge on any atom is -0.356 e. The van der Waals surface area contributed by atoms with E-state index in [-0.39, 0.29) is 0 Å². The number of nitrogens with one attached hydrogen (secondary N) is 1. The van der Waals surface area contributed by atoms with Crippen molar-refractivity contribution >= 4 is 5.82 Å². The van der Waals surface area contributed by atoms with Gasteiger partial charge in [-0.05, 0) is 61.6 Å². The molecule has 1 aliphatic heterocycles. The molecule has 1 aliphatic carbocycles. The third-order valence-corrected chi connectivity index (χ3v) is 5.52. The van der Waals surface area contributed by atoms with Gasteiger partial charge in [0, 0.05) is 31.9 Å². The van der Waals surface area contributed by atoms with E-state index in [1.54, 1.807) is 0 Å². The highest BCUT2D eigenvalue weighted by molar-refractivity contribution is 5.48. The van der Waals surface area contributed by atoms with Crippen LogP contribution in [0.2, 0.25) is 0 Å². The van der Waals surface area contributed by atoms with Crippen LogP contribution in [0, 0.1) is 12.3 Å². The van der Waals surface area contributed by atoms with Gasteiger partial charge in [-0.3, -0.25) is 0 Å². The van der Waals surface area contributed by atoms with Gasteiger partial charge >= 0.3 is 0 Å². The quantitative estimate of drug-likeness (QED) is 0.865. The van der Waals surface area contributed by atoms with Crippen molar-refractivity contribution in [3.8, 4) is 0 Å². The first-order valence-corrected chi connectivity index (χ1v) is 8.59. The van der Waals surface area contributed by atoms with E-state index in [4.69, 9.17) is 4.98 Å². The van der Waals surface area contributed by atoms with E-state index in [9.17, 15) is 0 Å². The zero-order valence-corrected chi connectivity index (χ0v) is 13.8. The van der Waals surface area contributed by atoms with Crippen molar-refractivity contribution < 1.29 is 0 Å². The smallest absolute Gasteiger partial charge is 0.131 e. The summed E-state index contributed by atoms with van der Waals surface area (Å²) in [7, 11) is 0. The maximum absolute atomic E-state index is 4.78. The van der Waals surface area contributed by atoms with E-state index in [0.29, 0.717) is 5.41 Å². The standard InChI is InChI=1S/C18H29N3/c1-4-18(5-2)8-9-21(13-18)17-14(3)10-15(12-20-17)11-19-16-6-7-16/h10,12,16,19H,4-9,11,13H2,1-3H3. The largest absolute Gasteiger partial charge is 0.356 e. The summed E-state index contributed by atoms with van der Waals surface area (Å²) in [6.45, 7) is 10.2. The first kappa shape index (κ1) is 14.8. The van der Waals surface area contributed by atoms with Crippen LogP contribution in [0.15, 0.2) is 12.3 Å². The van der Waals surface area contributed by atoms with E-state index in [2.05, 4.69) is 43.3 Å². The minimum absolute atomic E-state index is 0.514. The summed E-state index contributed by atoms with van der Waals surface area (Å²) < 4.78 is 0. The summed E-state index contributed by atoms with van der Waals surface area (Å²) in [4.78, 5) is 7.28.